The molecule has 0 heterocycles. The molecule has 2 amide bonds. The monoisotopic (exact) mass is 198 g/mol. The van der Waals surface area contributed by atoms with Crippen molar-refractivity contribution in [3.63, 3.8) is 0 Å². The molecule has 0 aromatic rings. The van der Waals surface area contributed by atoms with Crippen molar-refractivity contribution in [2.45, 2.75) is 46.1 Å². The number of amides is 2. The second-order valence-electron chi connectivity index (χ2n) is 5.52. The zero-order chi connectivity index (χ0) is 10.8. The third-order valence-electron chi connectivity index (χ3n) is 2.70. The summed E-state index contributed by atoms with van der Waals surface area (Å²) in [5.41, 5.74) is 0.419. The van der Waals surface area contributed by atoms with E-state index in [1.165, 1.54) is 6.42 Å². The second-order valence-corrected chi connectivity index (χ2v) is 5.52. The van der Waals surface area contributed by atoms with Crippen molar-refractivity contribution in [2.24, 2.45) is 11.3 Å². The average Bonchev–Trinajstić information content (AvgIpc) is 1.97. The Kier molecular flexibility index (Phi) is 3.40. The minimum atomic E-state index is -0.0517. The highest BCUT2D eigenvalue weighted by molar-refractivity contribution is 5.73. The van der Waals surface area contributed by atoms with Crippen LogP contribution in [0.3, 0.4) is 0 Å². The van der Waals surface area contributed by atoms with Gasteiger partial charge >= 0.3 is 6.03 Å². The molecular weight excluding hydrogens is 176 g/mol. The Morgan fingerprint density at radius 3 is 2.36 bits per heavy atom. The first-order chi connectivity index (χ1) is 6.40. The van der Waals surface area contributed by atoms with Crippen LogP contribution in [0.25, 0.3) is 0 Å². The highest BCUT2D eigenvalue weighted by Crippen LogP contribution is 2.37. The topological polar surface area (TPSA) is 41.1 Å². The smallest absolute Gasteiger partial charge is 0.314 e. The predicted molar refractivity (Wildman–Crippen MR) is 58.2 cm³/mol. The summed E-state index contributed by atoms with van der Waals surface area (Å²) in [5, 5.41) is 5.51. The molecule has 0 bridgehead atoms. The summed E-state index contributed by atoms with van der Waals surface area (Å²) in [6.45, 7) is 6.81. The molecule has 3 heteroatoms. The molecule has 1 fully saturated rings. The molecule has 14 heavy (non-hydrogen) atoms. The first kappa shape index (κ1) is 11.3. The van der Waals surface area contributed by atoms with E-state index in [4.69, 9.17) is 0 Å². The summed E-state index contributed by atoms with van der Waals surface area (Å²) in [6, 6.07) is 0.353. The van der Waals surface area contributed by atoms with Gasteiger partial charge in [0, 0.05) is 13.1 Å². The normalized spacial score (nSPS) is 26.6. The Morgan fingerprint density at radius 1 is 1.36 bits per heavy atom. The number of rotatable bonds is 2. The molecule has 82 valence electrons. The first-order valence-corrected chi connectivity index (χ1v) is 5.39. The van der Waals surface area contributed by atoms with Crippen LogP contribution >= 0.6 is 0 Å². The number of nitrogens with one attached hydrogen (secondary N) is 2. The fourth-order valence-electron chi connectivity index (χ4n) is 2.14. The molecule has 0 aromatic carbocycles. The average molecular weight is 198 g/mol. The lowest BCUT2D eigenvalue weighted by molar-refractivity contribution is 0.159. The van der Waals surface area contributed by atoms with Crippen LogP contribution in [0, 0.1) is 11.3 Å². The van der Waals surface area contributed by atoms with Crippen molar-refractivity contribution in [3.8, 4) is 0 Å². The fourth-order valence-corrected chi connectivity index (χ4v) is 2.14. The third kappa shape index (κ3) is 3.56. The van der Waals surface area contributed by atoms with Crippen LogP contribution in [0.2, 0.25) is 0 Å². The van der Waals surface area contributed by atoms with Crippen LogP contribution in [0.15, 0.2) is 0 Å². The number of hydrogen-bond donors (Lipinski definition) is 2. The van der Waals surface area contributed by atoms with Crippen molar-refractivity contribution < 1.29 is 4.79 Å². The van der Waals surface area contributed by atoms with Crippen LogP contribution in [0.4, 0.5) is 4.79 Å². The molecule has 0 aliphatic heterocycles. The molecule has 0 atom stereocenters. The van der Waals surface area contributed by atoms with Crippen molar-refractivity contribution in [1.82, 2.24) is 10.6 Å². The summed E-state index contributed by atoms with van der Waals surface area (Å²) >= 11 is 0. The van der Waals surface area contributed by atoms with Gasteiger partial charge in [0.1, 0.15) is 0 Å². The van der Waals surface area contributed by atoms with E-state index >= 15 is 0 Å². The Bertz CT molecular complexity index is 202. The van der Waals surface area contributed by atoms with Crippen LogP contribution in [-0.2, 0) is 0 Å². The largest absolute Gasteiger partial charge is 0.341 e. The number of carbonyl (C=O) groups excluding carboxylic acids is 1. The van der Waals surface area contributed by atoms with Gasteiger partial charge in [-0.05, 0) is 30.6 Å². The quantitative estimate of drug-likeness (QED) is 0.701. The summed E-state index contributed by atoms with van der Waals surface area (Å²) < 4.78 is 0. The Labute approximate surface area is 86.6 Å². The molecule has 2 N–H and O–H groups in total. The number of hydrogen-bond acceptors (Lipinski definition) is 1. The van der Waals surface area contributed by atoms with Gasteiger partial charge < -0.3 is 10.6 Å². The number of urea groups is 1. The van der Waals surface area contributed by atoms with E-state index in [-0.39, 0.29) is 6.03 Å². The van der Waals surface area contributed by atoms with E-state index in [1.807, 2.05) is 0 Å². The van der Waals surface area contributed by atoms with Gasteiger partial charge in [0.15, 0.2) is 0 Å². The van der Waals surface area contributed by atoms with Crippen LogP contribution in [0.5, 0.6) is 0 Å². The second kappa shape index (κ2) is 4.20. The lowest BCUT2D eigenvalue weighted by Gasteiger charge is -2.39. The van der Waals surface area contributed by atoms with Gasteiger partial charge in [-0.2, -0.15) is 0 Å². The lowest BCUT2D eigenvalue weighted by atomic mass is 9.71. The van der Waals surface area contributed by atoms with Crippen LogP contribution < -0.4 is 10.6 Å². The van der Waals surface area contributed by atoms with E-state index in [0.29, 0.717) is 11.5 Å². The van der Waals surface area contributed by atoms with Crippen molar-refractivity contribution in [2.75, 3.05) is 7.05 Å². The standard InChI is InChI=1S/C11H22N2O/c1-11(2,3)7-8-5-9(6-8)13-10(14)12-4/h8-9H,5-7H2,1-4H3,(H2,12,13,14). The predicted octanol–water partition coefficient (Wildman–Crippen LogP) is 2.13. The zero-order valence-electron chi connectivity index (χ0n) is 9.68. The minimum absolute atomic E-state index is 0.0517. The van der Waals surface area contributed by atoms with Crippen molar-refractivity contribution in [3.05, 3.63) is 0 Å². The van der Waals surface area contributed by atoms with Gasteiger partial charge in [-0.25, -0.2) is 4.79 Å². The zero-order valence-corrected chi connectivity index (χ0v) is 9.68. The third-order valence-corrected chi connectivity index (χ3v) is 2.70. The molecular formula is C11H22N2O. The lowest BCUT2D eigenvalue weighted by Crippen LogP contribution is -2.48. The van der Waals surface area contributed by atoms with Gasteiger partial charge in [-0.1, -0.05) is 20.8 Å². The van der Waals surface area contributed by atoms with Gasteiger partial charge in [0.2, 0.25) is 0 Å². The highest BCUT2D eigenvalue weighted by Gasteiger charge is 2.32. The molecule has 1 aliphatic carbocycles. The summed E-state index contributed by atoms with van der Waals surface area (Å²) in [5.74, 6) is 0.803. The Morgan fingerprint density at radius 2 is 1.93 bits per heavy atom. The molecule has 1 rings (SSSR count). The van der Waals surface area contributed by atoms with Crippen LogP contribution in [0.1, 0.15) is 40.0 Å². The van der Waals surface area contributed by atoms with Gasteiger partial charge in [-0.3, -0.25) is 0 Å². The van der Waals surface area contributed by atoms with Crippen LogP contribution in [-0.4, -0.2) is 19.1 Å². The van der Waals surface area contributed by atoms with Crippen molar-refractivity contribution >= 4 is 6.03 Å². The minimum Gasteiger partial charge on any atom is -0.341 e. The molecule has 1 saturated carbocycles. The van der Waals surface area contributed by atoms with E-state index in [1.54, 1.807) is 7.05 Å². The maximum atomic E-state index is 11.0. The molecule has 0 saturated heterocycles. The van der Waals surface area contributed by atoms with Gasteiger partial charge in [-0.15, -0.1) is 0 Å². The van der Waals surface area contributed by atoms with E-state index in [9.17, 15) is 4.79 Å². The van der Waals surface area contributed by atoms with Crippen molar-refractivity contribution in [1.29, 1.82) is 0 Å². The Balaban J connectivity index is 2.15. The Hall–Kier alpha value is -0.730. The van der Waals surface area contributed by atoms with E-state index < -0.39 is 0 Å². The highest BCUT2D eigenvalue weighted by atomic mass is 16.2. The first-order valence-electron chi connectivity index (χ1n) is 5.39. The fraction of sp³-hybridized carbons (Fsp3) is 0.909. The maximum Gasteiger partial charge on any atom is 0.314 e. The summed E-state index contributed by atoms with van der Waals surface area (Å²) in [4.78, 5) is 11.0. The molecule has 0 spiro atoms. The molecule has 0 radical (unpaired) electrons. The molecule has 0 aromatic heterocycles. The summed E-state index contributed by atoms with van der Waals surface area (Å²) in [7, 11) is 1.65. The molecule has 0 unspecified atom stereocenters. The van der Waals surface area contributed by atoms with Gasteiger partial charge in [0.05, 0.1) is 0 Å². The molecule has 3 nitrogen and oxygen atoms in total. The van der Waals surface area contributed by atoms with E-state index in [2.05, 4.69) is 31.4 Å². The van der Waals surface area contributed by atoms with E-state index in [0.717, 1.165) is 18.8 Å². The van der Waals surface area contributed by atoms with Gasteiger partial charge in [0.25, 0.3) is 0 Å². The number of carbonyl (C=O) groups is 1. The molecule has 1 aliphatic rings. The summed E-state index contributed by atoms with van der Waals surface area (Å²) in [6.07, 6.45) is 3.55. The SMILES string of the molecule is CNC(=O)NC1CC(CC(C)(C)C)C1. The maximum absolute atomic E-state index is 11.0.